The van der Waals surface area contributed by atoms with Crippen molar-refractivity contribution in [3.63, 3.8) is 0 Å². The minimum atomic E-state index is -2.12. The summed E-state index contributed by atoms with van der Waals surface area (Å²) in [5, 5.41) is 78.7. The number of aromatic nitrogens is 2. The van der Waals surface area contributed by atoms with Gasteiger partial charge in [-0.05, 0) is 130 Å². The molecule has 137 heavy (non-hydrogen) atoms. The van der Waals surface area contributed by atoms with Crippen molar-refractivity contribution in [2.45, 2.75) is 250 Å². The number of aliphatic carboxylic acids is 1. The first kappa shape index (κ1) is 111. The Bertz CT molecular complexity index is 4770. The SMILES string of the molecule is CC[C@H](C)[C@@H]([C@@H](CC(=O)N1CCC[C@H]1[C@H](OC)[C@@H](C)C(=O)N[C@H](C)[C@@H](O)c1ccccc1)OC)N(C)C(=O)[C@@H](NC(=O)[C@H](C(C)C)N(C)C(=O)OCc1ccc(NC(=O)[C@H](CCCNC(N)=O)NC(=O)[C@@H](NC(=O)c2ccc(NC(=O)CCOCCOCCNC3CCN(C(=O)CCn4c(CN(C)NC)cc5cccnc54)CC3)cc2O[C@@H]2O[C@H](C(=O)O)[C@@H](O)[C@H](O)[C@H]2O)C(C)C)cc1)C(C)C. The van der Waals surface area contributed by atoms with Crippen molar-refractivity contribution in [1.29, 1.82) is 0 Å². The van der Waals surface area contributed by atoms with E-state index in [4.69, 9.17) is 38.9 Å². The van der Waals surface area contributed by atoms with Crippen molar-refractivity contribution >= 4 is 93.7 Å². The number of hydrogen-bond donors (Lipinski definition) is 15. The van der Waals surface area contributed by atoms with Crippen molar-refractivity contribution in [1.82, 2.24) is 71.5 Å². The Kier molecular flexibility index (Phi) is 44.1. The molecule has 0 aliphatic carbocycles. The molecule has 5 heterocycles. The number of benzene rings is 3. The van der Waals surface area contributed by atoms with Crippen LogP contribution in [0.4, 0.5) is 21.0 Å². The number of likely N-dealkylation sites (N-methyl/N-ethyl adjacent to an activating group) is 2. The predicted octanol–water partition coefficient (Wildman–Crippen LogP) is 4.12. The highest BCUT2D eigenvalue weighted by atomic mass is 16.7. The number of piperidine rings is 1. The van der Waals surface area contributed by atoms with E-state index in [0.717, 1.165) is 40.5 Å². The Morgan fingerprint density at radius 2 is 1.35 bits per heavy atom. The molecule has 0 spiro atoms. The number of aliphatic hydroxyl groups excluding tert-OH is 4. The Morgan fingerprint density at radius 3 is 1.99 bits per heavy atom. The van der Waals surface area contributed by atoms with Crippen LogP contribution in [0.25, 0.3) is 11.0 Å². The first-order valence-electron chi connectivity index (χ1n) is 47.1. The standard InChI is InChI=1S/C96H145N17O24/c1-17-58(8)79(72(131-15)52-75(116)113-42-23-28-70(113)84(132-16)59(9)87(121)102-60(10)80(117)62-24-19-18-20-25-62)109(13)92(126)77(56(4)5)107-91(125)78(57(6)7)110(14)96(130)135-54-61-29-31-65(32-30-61)104-89(123)69(27-22-40-101-95(97)129)105-90(124)76(55(2)3)106-88(122)68-34-33-66(51-71(68)136-94-83(120)81(118)82(119)85(137-94)93(127)128)103-73(114)38-46-133-48-49-134-47-41-99-64-35-43-111(44-36-64)74(115)37-45-112-67(53-108(12)98-11)50-63-26-21-39-100-86(63)112/h18-21,24-26,29-34,39,50-51,55-60,64,69-70,72,76-85,94,98-99,117-120H,17,22-23,27-28,35-38,40-49,52-54H2,1-16H3,(H,102,121)(H,103,114)(H,104,123)(H,105,124)(H,106,122)(H,107,125)(H,127,128)(H3,97,101,129)/t58-,59+,60+,69-,70-,72+,76-,77-,78-,79-,80+,81-,82-,83+,84+,85-,94+/m0/s1. The molecule has 41 heteroatoms. The number of urea groups is 1. The van der Waals surface area contributed by atoms with Crippen LogP contribution in [0.15, 0.2) is 97.2 Å². The normalized spacial score (nSPS) is 19.3. The van der Waals surface area contributed by atoms with Crippen molar-refractivity contribution in [3.8, 4) is 5.75 Å². The van der Waals surface area contributed by atoms with Gasteiger partial charge in [-0.25, -0.2) is 24.4 Å². The number of carbonyl (C=O) groups excluding carboxylic acids is 11. The van der Waals surface area contributed by atoms with Crippen LogP contribution in [-0.4, -0.2) is 324 Å². The fourth-order valence-corrected chi connectivity index (χ4v) is 17.4. The molecular formula is C96H145N17O24. The molecule has 12 amide bonds. The summed E-state index contributed by atoms with van der Waals surface area (Å²) in [6, 6.07) is 17.4. The number of hydrazine groups is 1. The average Bonchev–Trinajstić information content (AvgIpc) is 1.74. The number of methoxy groups -OCH3 is 2. The number of rotatable bonds is 53. The molecule has 758 valence electrons. The summed E-state index contributed by atoms with van der Waals surface area (Å²) in [5.41, 5.74) is 11.3. The monoisotopic (exact) mass is 1920 g/mol. The van der Waals surface area contributed by atoms with E-state index in [1.54, 1.807) is 110 Å². The minimum absolute atomic E-state index is 0.0134. The molecule has 41 nitrogen and oxygen atoms in total. The topological polar surface area (TPSA) is 539 Å². The number of anilines is 2. The van der Waals surface area contributed by atoms with Crippen molar-refractivity contribution in [3.05, 3.63) is 120 Å². The highest BCUT2D eigenvalue weighted by Gasteiger charge is 2.50. The molecule has 3 aliphatic heterocycles. The average molecular weight is 1920 g/mol. The number of ether oxygens (including phenoxy) is 7. The molecule has 5 aromatic rings. The van der Waals surface area contributed by atoms with Crippen LogP contribution in [0, 0.1) is 29.6 Å². The zero-order valence-corrected chi connectivity index (χ0v) is 81.6. The predicted molar refractivity (Wildman–Crippen MR) is 507 cm³/mol. The number of nitrogens with one attached hydrogen (secondary N) is 9. The summed E-state index contributed by atoms with van der Waals surface area (Å²) in [5.74, 6) is -9.59. The van der Waals surface area contributed by atoms with Gasteiger partial charge >= 0.3 is 18.1 Å². The maximum Gasteiger partial charge on any atom is 0.410 e. The molecule has 2 aromatic heterocycles. The summed E-state index contributed by atoms with van der Waals surface area (Å²) in [7, 11) is 9.80. The molecule has 3 aliphatic rings. The van der Waals surface area contributed by atoms with Gasteiger partial charge in [-0.3, -0.25) is 53.5 Å². The lowest BCUT2D eigenvalue weighted by Gasteiger charge is -2.41. The van der Waals surface area contributed by atoms with E-state index in [9.17, 15) is 83.1 Å². The largest absolute Gasteiger partial charge is 0.479 e. The Labute approximate surface area is 801 Å². The van der Waals surface area contributed by atoms with Crippen LogP contribution in [-0.2, 0) is 91.3 Å². The fraction of sp³-hybridized carbons (Fsp3) is 0.615. The molecule has 0 radical (unpaired) electrons. The third kappa shape index (κ3) is 31.7. The summed E-state index contributed by atoms with van der Waals surface area (Å²) in [4.78, 5) is 177. The number of aryl methyl sites for hydroxylation is 1. The first-order valence-corrected chi connectivity index (χ1v) is 47.1. The number of pyridine rings is 1. The van der Waals surface area contributed by atoms with Gasteiger partial charge in [0.05, 0.1) is 93.7 Å². The van der Waals surface area contributed by atoms with E-state index >= 15 is 0 Å². The van der Waals surface area contributed by atoms with Crippen LogP contribution in [0.1, 0.15) is 167 Å². The second kappa shape index (κ2) is 54.3. The lowest BCUT2D eigenvalue weighted by atomic mass is 9.89. The van der Waals surface area contributed by atoms with Gasteiger partial charge in [0, 0.05) is 122 Å². The quantitative estimate of drug-likeness (QED) is 0.0192. The minimum Gasteiger partial charge on any atom is -0.479 e. The molecule has 0 saturated carbocycles. The Morgan fingerprint density at radius 1 is 0.672 bits per heavy atom. The number of nitrogens with two attached hydrogens (primary N) is 1. The maximum absolute atomic E-state index is 15.0. The number of fused-ring (bicyclic) bond motifs is 1. The number of carboxylic acid groups (broad SMARTS) is 1. The van der Waals surface area contributed by atoms with Crippen molar-refractivity contribution in [2.75, 3.05) is 112 Å². The Hall–Kier alpha value is -11.1. The molecular weight excluding hydrogens is 1780 g/mol. The zero-order valence-electron chi connectivity index (χ0n) is 81.6. The number of aliphatic hydroxyl groups is 4. The molecule has 0 unspecified atom stereocenters. The molecule has 17 atom stereocenters. The maximum atomic E-state index is 15.0. The third-order valence-corrected chi connectivity index (χ3v) is 25.5. The Balaban J connectivity index is 0.828. The van der Waals surface area contributed by atoms with Gasteiger partial charge in [0.2, 0.25) is 53.5 Å². The summed E-state index contributed by atoms with van der Waals surface area (Å²) in [6.07, 6.45) is -8.65. The van der Waals surface area contributed by atoms with Crippen molar-refractivity contribution in [2.24, 2.45) is 35.3 Å². The van der Waals surface area contributed by atoms with Crippen molar-refractivity contribution < 1.29 is 116 Å². The summed E-state index contributed by atoms with van der Waals surface area (Å²) >= 11 is 0. The smallest absolute Gasteiger partial charge is 0.410 e. The first-order chi connectivity index (χ1) is 65.2. The van der Waals surface area contributed by atoms with E-state index in [2.05, 4.69) is 63.6 Å². The number of carboxylic acids is 1. The molecule has 8 rings (SSSR count). The van der Waals surface area contributed by atoms with E-state index in [1.165, 1.54) is 50.4 Å². The van der Waals surface area contributed by atoms with E-state index < -0.39 is 174 Å². The molecule has 3 aromatic carbocycles. The van der Waals surface area contributed by atoms with Crippen LogP contribution in [0.5, 0.6) is 5.75 Å². The van der Waals surface area contributed by atoms with E-state index in [1.807, 2.05) is 56.1 Å². The second-order valence-electron chi connectivity index (χ2n) is 36.4. The molecule has 16 N–H and O–H groups in total. The van der Waals surface area contributed by atoms with Gasteiger partial charge in [-0.15, -0.1) is 0 Å². The fourth-order valence-electron chi connectivity index (χ4n) is 17.4. The number of primary amides is 1. The zero-order chi connectivity index (χ0) is 101. The molecule has 0 bridgehead atoms. The van der Waals surface area contributed by atoms with Gasteiger partial charge in [0.15, 0.2) is 6.10 Å². The third-order valence-electron chi connectivity index (χ3n) is 25.5. The van der Waals surface area contributed by atoms with Crippen LogP contribution < -0.4 is 58.4 Å². The number of hydrogen-bond acceptors (Lipinski definition) is 27. The summed E-state index contributed by atoms with van der Waals surface area (Å²) in [6.45, 7) is 21.4. The van der Waals surface area contributed by atoms with Gasteiger partial charge in [-0.2, -0.15) is 0 Å². The molecule has 3 fully saturated rings. The highest BCUT2D eigenvalue weighted by Crippen LogP contribution is 2.34. The van der Waals surface area contributed by atoms with Crippen LogP contribution in [0.3, 0.4) is 0 Å². The van der Waals surface area contributed by atoms with Crippen LogP contribution >= 0.6 is 0 Å². The van der Waals surface area contributed by atoms with Gasteiger partial charge < -0.3 is 126 Å². The van der Waals surface area contributed by atoms with Crippen LogP contribution in [0.2, 0.25) is 0 Å². The number of carbonyl (C=O) groups is 12. The number of nitrogens with zero attached hydrogens (tertiary/aromatic N) is 7. The van der Waals surface area contributed by atoms with E-state index in [-0.39, 0.29) is 105 Å². The highest BCUT2D eigenvalue weighted by molar-refractivity contribution is 6.03. The van der Waals surface area contributed by atoms with Gasteiger partial charge in [0.1, 0.15) is 60.5 Å². The second-order valence-corrected chi connectivity index (χ2v) is 36.4. The lowest BCUT2D eigenvalue weighted by Crippen LogP contribution is -2.61. The summed E-state index contributed by atoms with van der Waals surface area (Å²) < 4.78 is 42.7. The van der Waals surface area contributed by atoms with Gasteiger partial charge in [-0.1, -0.05) is 111 Å². The van der Waals surface area contributed by atoms with E-state index in [0.29, 0.717) is 82.7 Å². The lowest BCUT2D eigenvalue weighted by molar-refractivity contribution is -0.271. The number of likely N-dealkylation sites (tertiary alicyclic amines) is 2. The number of amides is 12. The van der Waals surface area contributed by atoms with Gasteiger partial charge in [0.25, 0.3) is 5.91 Å². The molecule has 3 saturated heterocycles.